The predicted octanol–water partition coefficient (Wildman–Crippen LogP) is 3.22. The molecule has 0 radical (unpaired) electrons. The van der Waals surface area contributed by atoms with Crippen molar-refractivity contribution in [1.29, 1.82) is 0 Å². The van der Waals surface area contributed by atoms with Gasteiger partial charge in [-0.05, 0) is 32.4 Å². The molecule has 3 rings (SSSR count). The number of pyridine rings is 1. The first-order valence-electron chi connectivity index (χ1n) is 9.95. The number of carbonyl (C=O) groups is 2. The zero-order chi connectivity index (χ0) is 20.8. The molecule has 2 amide bonds. The van der Waals surface area contributed by atoms with Crippen LogP contribution in [0.5, 0.6) is 0 Å². The van der Waals surface area contributed by atoms with Gasteiger partial charge in [-0.3, -0.25) is 9.88 Å². The monoisotopic (exact) mass is 396 g/mol. The lowest BCUT2D eigenvalue weighted by molar-refractivity contribution is 0.0525. The van der Waals surface area contributed by atoms with Gasteiger partial charge in [-0.2, -0.15) is 0 Å². The summed E-state index contributed by atoms with van der Waals surface area (Å²) in [7, 11) is 0. The van der Waals surface area contributed by atoms with Gasteiger partial charge in [-0.1, -0.05) is 30.3 Å². The van der Waals surface area contributed by atoms with Crippen molar-refractivity contribution in [2.45, 2.75) is 27.3 Å². The van der Waals surface area contributed by atoms with Crippen LogP contribution in [0.3, 0.4) is 0 Å². The fourth-order valence-electron chi connectivity index (χ4n) is 3.41. The number of benzene rings is 1. The van der Waals surface area contributed by atoms with Crippen LogP contribution >= 0.6 is 0 Å². The van der Waals surface area contributed by atoms with Crippen molar-refractivity contribution in [2.75, 3.05) is 38.1 Å². The number of hydrogen-bond acceptors (Lipinski definition) is 5. The second-order valence-electron chi connectivity index (χ2n) is 7.15. The van der Waals surface area contributed by atoms with E-state index < -0.39 is 5.97 Å². The second-order valence-corrected chi connectivity index (χ2v) is 7.15. The average molecular weight is 396 g/mol. The number of rotatable bonds is 5. The zero-order valence-corrected chi connectivity index (χ0v) is 17.3. The molecule has 2 heterocycles. The standard InChI is InChI=1S/C22H28N4O3/c1-4-29-21(27)19-14-20(17(3)23-16(19)2)24-22(28)26-12-10-25(11-13-26)15-18-8-6-5-7-9-18/h5-9,14H,4,10-13,15H2,1-3H3,(H,24,28). The number of nitrogens with one attached hydrogen (secondary N) is 1. The van der Waals surface area contributed by atoms with Crippen molar-refractivity contribution in [3.05, 3.63) is 58.9 Å². The lowest BCUT2D eigenvalue weighted by Crippen LogP contribution is -2.49. The molecule has 1 aliphatic heterocycles. The number of aromatic nitrogens is 1. The topological polar surface area (TPSA) is 74.8 Å². The summed E-state index contributed by atoms with van der Waals surface area (Å²) < 4.78 is 5.08. The van der Waals surface area contributed by atoms with E-state index in [2.05, 4.69) is 27.3 Å². The van der Waals surface area contributed by atoms with Crippen LogP contribution in [0.2, 0.25) is 0 Å². The molecule has 0 aliphatic carbocycles. The van der Waals surface area contributed by atoms with E-state index in [9.17, 15) is 9.59 Å². The summed E-state index contributed by atoms with van der Waals surface area (Å²) in [5.74, 6) is -0.428. The molecular weight excluding hydrogens is 368 g/mol. The Morgan fingerprint density at radius 2 is 1.76 bits per heavy atom. The lowest BCUT2D eigenvalue weighted by Gasteiger charge is -2.34. The van der Waals surface area contributed by atoms with Gasteiger partial charge in [0.05, 0.1) is 29.2 Å². The molecule has 0 bridgehead atoms. The highest BCUT2D eigenvalue weighted by atomic mass is 16.5. The number of carbonyl (C=O) groups excluding carboxylic acids is 2. The largest absolute Gasteiger partial charge is 0.462 e. The first-order chi connectivity index (χ1) is 14.0. The Balaban J connectivity index is 1.59. The molecule has 1 fully saturated rings. The van der Waals surface area contributed by atoms with Crippen LogP contribution in [0.4, 0.5) is 10.5 Å². The number of aryl methyl sites for hydroxylation is 2. The molecule has 1 N–H and O–H groups in total. The highest BCUT2D eigenvalue weighted by molar-refractivity contribution is 5.95. The summed E-state index contributed by atoms with van der Waals surface area (Å²) in [4.78, 5) is 33.4. The van der Waals surface area contributed by atoms with Crippen molar-refractivity contribution in [3.63, 3.8) is 0 Å². The Hall–Kier alpha value is -2.93. The first kappa shape index (κ1) is 20.8. The van der Waals surface area contributed by atoms with Crippen LogP contribution in [0, 0.1) is 13.8 Å². The third-order valence-corrected chi connectivity index (χ3v) is 5.05. The van der Waals surface area contributed by atoms with E-state index in [1.165, 1.54) is 5.56 Å². The maximum atomic E-state index is 12.7. The number of piperazine rings is 1. The quantitative estimate of drug-likeness (QED) is 0.786. The molecule has 1 aliphatic rings. The fraction of sp³-hybridized carbons (Fsp3) is 0.409. The minimum atomic E-state index is -0.428. The van der Waals surface area contributed by atoms with E-state index in [0.717, 1.165) is 19.6 Å². The van der Waals surface area contributed by atoms with Crippen LogP contribution in [-0.4, -0.2) is 59.6 Å². The molecule has 1 saturated heterocycles. The summed E-state index contributed by atoms with van der Waals surface area (Å²) >= 11 is 0. The summed E-state index contributed by atoms with van der Waals surface area (Å²) in [6.45, 7) is 9.47. The molecule has 0 saturated carbocycles. The van der Waals surface area contributed by atoms with E-state index >= 15 is 0 Å². The first-order valence-corrected chi connectivity index (χ1v) is 9.95. The molecule has 0 atom stereocenters. The molecule has 0 unspecified atom stereocenters. The van der Waals surface area contributed by atoms with Crippen LogP contribution in [-0.2, 0) is 11.3 Å². The average Bonchev–Trinajstić information content (AvgIpc) is 2.71. The summed E-state index contributed by atoms with van der Waals surface area (Å²) in [5, 5.41) is 2.91. The summed E-state index contributed by atoms with van der Waals surface area (Å²) in [6, 6.07) is 11.8. The van der Waals surface area contributed by atoms with Gasteiger partial charge in [0.15, 0.2) is 0 Å². The van der Waals surface area contributed by atoms with E-state index in [4.69, 9.17) is 4.74 Å². The van der Waals surface area contributed by atoms with Gasteiger partial charge in [0.1, 0.15) is 0 Å². The Morgan fingerprint density at radius 3 is 2.41 bits per heavy atom. The predicted molar refractivity (Wildman–Crippen MR) is 112 cm³/mol. The van der Waals surface area contributed by atoms with Crippen molar-refractivity contribution >= 4 is 17.7 Å². The molecular formula is C22H28N4O3. The number of anilines is 1. The molecule has 7 heteroatoms. The van der Waals surface area contributed by atoms with Gasteiger partial charge < -0.3 is 15.0 Å². The minimum absolute atomic E-state index is 0.173. The van der Waals surface area contributed by atoms with Crippen LogP contribution < -0.4 is 5.32 Å². The Kier molecular flexibility index (Phi) is 6.82. The van der Waals surface area contributed by atoms with Crippen LogP contribution in [0.15, 0.2) is 36.4 Å². The van der Waals surface area contributed by atoms with Gasteiger partial charge >= 0.3 is 12.0 Å². The van der Waals surface area contributed by atoms with Crippen molar-refractivity contribution < 1.29 is 14.3 Å². The molecule has 1 aromatic heterocycles. The maximum Gasteiger partial charge on any atom is 0.340 e. The Bertz CT molecular complexity index is 862. The molecule has 7 nitrogen and oxygen atoms in total. The zero-order valence-electron chi connectivity index (χ0n) is 17.3. The van der Waals surface area contributed by atoms with Gasteiger partial charge in [0.2, 0.25) is 0 Å². The molecule has 2 aromatic rings. The molecule has 154 valence electrons. The van der Waals surface area contributed by atoms with Crippen molar-refractivity contribution in [2.24, 2.45) is 0 Å². The molecule has 0 spiro atoms. The Labute approximate surface area is 171 Å². The lowest BCUT2D eigenvalue weighted by atomic mass is 10.1. The Morgan fingerprint density at radius 1 is 1.07 bits per heavy atom. The van der Waals surface area contributed by atoms with E-state index in [-0.39, 0.29) is 6.03 Å². The van der Waals surface area contributed by atoms with Crippen molar-refractivity contribution in [3.8, 4) is 0 Å². The summed E-state index contributed by atoms with van der Waals surface area (Å²) in [5.41, 5.74) is 3.45. The van der Waals surface area contributed by atoms with Crippen molar-refractivity contribution in [1.82, 2.24) is 14.8 Å². The third-order valence-electron chi connectivity index (χ3n) is 5.05. The highest BCUT2D eigenvalue weighted by Gasteiger charge is 2.22. The maximum absolute atomic E-state index is 12.7. The van der Waals surface area contributed by atoms with Gasteiger partial charge in [0, 0.05) is 32.7 Å². The fourth-order valence-corrected chi connectivity index (χ4v) is 3.41. The smallest absolute Gasteiger partial charge is 0.340 e. The summed E-state index contributed by atoms with van der Waals surface area (Å²) in [6.07, 6.45) is 0. The second kappa shape index (κ2) is 9.52. The van der Waals surface area contributed by atoms with Gasteiger partial charge in [-0.25, -0.2) is 9.59 Å². The number of esters is 1. The number of urea groups is 1. The van der Waals surface area contributed by atoms with Gasteiger partial charge in [-0.15, -0.1) is 0 Å². The SMILES string of the molecule is CCOC(=O)c1cc(NC(=O)N2CCN(Cc3ccccc3)CC2)c(C)nc1C. The van der Waals surface area contributed by atoms with E-state index in [1.54, 1.807) is 24.8 Å². The van der Waals surface area contributed by atoms with E-state index in [0.29, 0.717) is 42.3 Å². The van der Waals surface area contributed by atoms with Crippen LogP contribution in [0.1, 0.15) is 34.2 Å². The highest BCUT2D eigenvalue weighted by Crippen LogP contribution is 2.19. The van der Waals surface area contributed by atoms with Gasteiger partial charge in [0.25, 0.3) is 0 Å². The number of amides is 2. The number of nitrogens with zero attached hydrogens (tertiary/aromatic N) is 3. The van der Waals surface area contributed by atoms with E-state index in [1.807, 2.05) is 25.1 Å². The number of ether oxygens (including phenoxy) is 1. The third kappa shape index (κ3) is 5.32. The normalized spacial score (nSPS) is 14.5. The molecule has 29 heavy (non-hydrogen) atoms. The number of hydrogen-bond donors (Lipinski definition) is 1. The van der Waals surface area contributed by atoms with Crippen LogP contribution in [0.25, 0.3) is 0 Å². The minimum Gasteiger partial charge on any atom is -0.462 e. The molecule has 1 aromatic carbocycles.